The molecule has 4 nitrogen and oxygen atoms in total. The van der Waals surface area contributed by atoms with Crippen LogP contribution in [0.1, 0.15) is 31.6 Å². The Hall–Kier alpha value is -1.85. The summed E-state index contributed by atoms with van der Waals surface area (Å²) in [6, 6.07) is 4.72. The van der Waals surface area contributed by atoms with Gasteiger partial charge in [0.05, 0.1) is 11.7 Å². The highest BCUT2D eigenvalue weighted by molar-refractivity contribution is 7.09. The van der Waals surface area contributed by atoms with Crippen molar-refractivity contribution in [3.05, 3.63) is 58.2 Å². The van der Waals surface area contributed by atoms with E-state index in [1.807, 2.05) is 11.3 Å². The Kier molecular flexibility index (Phi) is 6.02. The Morgan fingerprint density at radius 3 is 2.71 bits per heavy atom. The topological polar surface area (TPSA) is 22.1 Å². The second-order valence-corrected chi connectivity index (χ2v) is 9.34. The summed E-state index contributed by atoms with van der Waals surface area (Å²) in [4.78, 5) is 13.8. The van der Waals surface area contributed by atoms with Crippen molar-refractivity contribution in [3.63, 3.8) is 0 Å². The molecule has 150 valence electrons. The molecule has 1 fully saturated rings. The molecule has 0 saturated carbocycles. The van der Waals surface area contributed by atoms with Crippen LogP contribution in [0.15, 0.2) is 58.3 Å². The van der Waals surface area contributed by atoms with Crippen molar-refractivity contribution >= 4 is 17.2 Å². The first kappa shape index (κ1) is 19.5. The molecule has 0 bridgehead atoms. The zero-order valence-corrected chi connectivity index (χ0v) is 18.2. The maximum absolute atomic E-state index is 5.15. The summed E-state index contributed by atoms with van der Waals surface area (Å²) < 4.78 is 0. The lowest BCUT2D eigenvalue weighted by atomic mass is 9.93. The number of aliphatic imine (C=N–C) groups is 1. The van der Waals surface area contributed by atoms with Gasteiger partial charge in [0, 0.05) is 49.9 Å². The van der Waals surface area contributed by atoms with Crippen LogP contribution in [0, 0.1) is 5.92 Å². The zero-order chi connectivity index (χ0) is 19.5. The number of hydrogen-bond donors (Lipinski definition) is 0. The molecule has 0 aliphatic carbocycles. The van der Waals surface area contributed by atoms with Crippen LogP contribution in [0.4, 0.5) is 0 Å². The van der Waals surface area contributed by atoms with Gasteiger partial charge in [-0.1, -0.05) is 25.1 Å². The van der Waals surface area contributed by atoms with Gasteiger partial charge >= 0.3 is 0 Å². The lowest BCUT2D eigenvalue weighted by Gasteiger charge is -2.38. The SMILES string of the molecule is CC1CC=CN2C=C(Cc3cccs3)C(C)CC=C(N3CCN(C)CC3)C2=N1. The normalized spacial score (nSPS) is 26.6. The summed E-state index contributed by atoms with van der Waals surface area (Å²) in [5, 5.41) is 2.18. The maximum Gasteiger partial charge on any atom is 0.155 e. The molecule has 1 aromatic heterocycles. The molecule has 0 aromatic carbocycles. The van der Waals surface area contributed by atoms with E-state index in [9.17, 15) is 0 Å². The molecule has 0 radical (unpaired) electrons. The Morgan fingerprint density at radius 1 is 1.14 bits per heavy atom. The Morgan fingerprint density at radius 2 is 1.96 bits per heavy atom. The van der Waals surface area contributed by atoms with Crippen molar-refractivity contribution in [1.82, 2.24) is 14.7 Å². The number of nitrogens with zero attached hydrogens (tertiary/aromatic N) is 4. The summed E-state index contributed by atoms with van der Waals surface area (Å²) >= 11 is 1.85. The van der Waals surface area contributed by atoms with Crippen LogP contribution in [0.25, 0.3) is 0 Å². The van der Waals surface area contributed by atoms with Crippen LogP contribution in [-0.2, 0) is 6.42 Å². The molecule has 28 heavy (non-hydrogen) atoms. The standard InChI is InChI=1S/C23H32N4S/c1-18-8-9-22(26-13-11-25(3)12-14-26)23-24-19(2)6-4-10-27(23)17-20(18)16-21-7-5-15-28-21/h4-5,7,9-10,15,17-19H,6,8,11-14,16H2,1-3H3. The van der Waals surface area contributed by atoms with E-state index in [0.717, 1.165) is 51.3 Å². The minimum atomic E-state index is 0.318. The predicted octanol–water partition coefficient (Wildman–Crippen LogP) is 4.35. The highest BCUT2D eigenvalue weighted by Crippen LogP contribution is 2.29. The smallest absolute Gasteiger partial charge is 0.155 e. The van der Waals surface area contributed by atoms with Crippen molar-refractivity contribution in [2.45, 2.75) is 39.2 Å². The molecule has 2 unspecified atom stereocenters. The first-order valence-electron chi connectivity index (χ1n) is 10.5. The summed E-state index contributed by atoms with van der Waals surface area (Å²) in [6.07, 6.45) is 12.4. The number of piperazine rings is 1. The van der Waals surface area contributed by atoms with Gasteiger partial charge in [-0.15, -0.1) is 11.3 Å². The van der Waals surface area contributed by atoms with Crippen molar-refractivity contribution < 1.29 is 0 Å². The van der Waals surface area contributed by atoms with E-state index in [1.54, 1.807) is 0 Å². The van der Waals surface area contributed by atoms with Gasteiger partial charge in [0.2, 0.25) is 0 Å². The average Bonchev–Trinajstić information content (AvgIpc) is 3.12. The van der Waals surface area contributed by atoms with E-state index < -0.39 is 0 Å². The maximum atomic E-state index is 5.15. The number of hydrogen-bond acceptors (Lipinski definition) is 5. The van der Waals surface area contributed by atoms with Gasteiger partial charge in [0.25, 0.3) is 0 Å². The quantitative estimate of drug-likeness (QED) is 0.758. The van der Waals surface area contributed by atoms with Crippen molar-refractivity contribution in [1.29, 1.82) is 0 Å². The number of likely N-dealkylation sites (N-methyl/N-ethyl adjacent to an activating group) is 1. The monoisotopic (exact) mass is 396 g/mol. The summed E-state index contributed by atoms with van der Waals surface area (Å²) in [5.74, 6) is 1.65. The fourth-order valence-corrected chi connectivity index (χ4v) is 4.80. The second kappa shape index (κ2) is 8.66. The molecule has 2 atom stereocenters. The molecule has 4 rings (SSSR count). The molecule has 5 heteroatoms. The molecule has 3 aliphatic rings. The molecular formula is C23H32N4S. The van der Waals surface area contributed by atoms with Crippen molar-refractivity contribution in [3.8, 4) is 0 Å². The van der Waals surface area contributed by atoms with E-state index >= 15 is 0 Å². The second-order valence-electron chi connectivity index (χ2n) is 8.31. The van der Waals surface area contributed by atoms with E-state index in [0.29, 0.717) is 12.0 Å². The first-order valence-corrected chi connectivity index (χ1v) is 11.4. The molecule has 0 N–H and O–H groups in total. The molecule has 1 aromatic rings. The van der Waals surface area contributed by atoms with E-state index in [1.165, 1.54) is 16.1 Å². The zero-order valence-electron chi connectivity index (χ0n) is 17.3. The van der Waals surface area contributed by atoms with E-state index in [2.05, 4.69) is 77.7 Å². The number of fused-ring (bicyclic) bond motifs is 1. The average molecular weight is 397 g/mol. The Labute approximate surface area is 173 Å². The van der Waals surface area contributed by atoms with E-state index in [-0.39, 0.29) is 0 Å². The van der Waals surface area contributed by atoms with E-state index in [4.69, 9.17) is 4.99 Å². The highest BCUT2D eigenvalue weighted by Gasteiger charge is 2.26. The summed E-state index contributed by atoms with van der Waals surface area (Å²) in [7, 11) is 2.21. The van der Waals surface area contributed by atoms with Crippen LogP contribution < -0.4 is 0 Å². The number of allylic oxidation sites excluding steroid dienone is 2. The van der Waals surface area contributed by atoms with Gasteiger partial charge in [-0.05, 0) is 49.8 Å². The van der Waals surface area contributed by atoms with Crippen LogP contribution >= 0.6 is 11.3 Å². The minimum Gasteiger partial charge on any atom is -0.366 e. The number of amidine groups is 1. The van der Waals surface area contributed by atoms with Crippen LogP contribution in [0.3, 0.4) is 0 Å². The summed E-state index contributed by atoms with van der Waals surface area (Å²) in [6.45, 7) is 8.97. The minimum absolute atomic E-state index is 0.318. The molecule has 0 amide bonds. The van der Waals surface area contributed by atoms with Gasteiger partial charge in [-0.2, -0.15) is 0 Å². The number of thiophene rings is 1. The molecule has 4 heterocycles. The van der Waals surface area contributed by atoms with Gasteiger partial charge in [0.1, 0.15) is 0 Å². The fourth-order valence-electron chi connectivity index (χ4n) is 4.06. The van der Waals surface area contributed by atoms with Gasteiger partial charge in [-0.25, -0.2) is 0 Å². The molecular weight excluding hydrogens is 364 g/mol. The van der Waals surface area contributed by atoms with Crippen LogP contribution in [0.2, 0.25) is 0 Å². The van der Waals surface area contributed by atoms with Crippen LogP contribution in [0.5, 0.6) is 0 Å². The van der Waals surface area contributed by atoms with Crippen LogP contribution in [-0.4, -0.2) is 59.8 Å². The third kappa shape index (κ3) is 4.41. The predicted molar refractivity (Wildman–Crippen MR) is 120 cm³/mol. The Balaban J connectivity index is 1.68. The lowest BCUT2D eigenvalue weighted by molar-refractivity contribution is 0.190. The van der Waals surface area contributed by atoms with Crippen molar-refractivity contribution in [2.75, 3.05) is 33.2 Å². The lowest BCUT2D eigenvalue weighted by Crippen LogP contribution is -2.46. The fraction of sp³-hybridized carbons (Fsp3) is 0.522. The highest BCUT2D eigenvalue weighted by atomic mass is 32.1. The van der Waals surface area contributed by atoms with Gasteiger partial charge < -0.3 is 14.7 Å². The molecule has 3 aliphatic heterocycles. The van der Waals surface area contributed by atoms with Gasteiger partial charge in [-0.3, -0.25) is 4.99 Å². The molecule has 1 saturated heterocycles. The Bertz CT molecular complexity index is 782. The largest absolute Gasteiger partial charge is 0.366 e. The summed E-state index contributed by atoms with van der Waals surface area (Å²) in [5.41, 5.74) is 2.81. The number of rotatable bonds is 3. The van der Waals surface area contributed by atoms with Gasteiger partial charge in [0.15, 0.2) is 5.84 Å². The first-order chi connectivity index (χ1) is 13.6. The third-order valence-electron chi connectivity index (χ3n) is 5.96. The van der Waals surface area contributed by atoms with Crippen molar-refractivity contribution in [2.24, 2.45) is 10.9 Å². The third-order valence-corrected chi connectivity index (χ3v) is 6.84. The molecule has 0 spiro atoms.